The summed E-state index contributed by atoms with van der Waals surface area (Å²) in [6.07, 6.45) is 7.36. The Balaban J connectivity index is 1.55. The van der Waals surface area contributed by atoms with E-state index < -0.39 is 0 Å². The minimum atomic E-state index is 0.318. The summed E-state index contributed by atoms with van der Waals surface area (Å²) in [4.78, 5) is 0. The van der Waals surface area contributed by atoms with Crippen molar-refractivity contribution >= 4 is 70.5 Å². The summed E-state index contributed by atoms with van der Waals surface area (Å²) in [6.45, 7) is 7.69. The molecule has 1 heterocycles. The van der Waals surface area contributed by atoms with Gasteiger partial charge in [0.05, 0.1) is 10.0 Å². The van der Waals surface area contributed by atoms with Gasteiger partial charge in [0.15, 0.2) is 6.71 Å². The molecule has 0 saturated carbocycles. The molecule has 3 aromatic carbocycles. The van der Waals surface area contributed by atoms with E-state index in [0.717, 1.165) is 0 Å². The first kappa shape index (κ1) is 19.5. The average Bonchev–Trinajstić information content (AvgIpc) is 2.76. The van der Waals surface area contributed by atoms with Crippen LogP contribution in [0.15, 0.2) is 71.1 Å². The molecule has 0 bridgehead atoms. The van der Waals surface area contributed by atoms with Crippen molar-refractivity contribution in [2.45, 2.75) is 20.6 Å². The highest BCUT2D eigenvalue weighted by Gasteiger charge is 2.40. The van der Waals surface area contributed by atoms with Gasteiger partial charge in [-0.15, -0.1) is 0 Å². The van der Waals surface area contributed by atoms with E-state index in [1.54, 1.807) is 5.47 Å². The zero-order valence-corrected chi connectivity index (χ0v) is 19.4. The first-order valence-corrected chi connectivity index (χ1v) is 11.8. The molecule has 3 aromatic rings. The predicted octanol–water partition coefficient (Wildman–Crippen LogP) is 4.67. The van der Waals surface area contributed by atoms with Gasteiger partial charge < -0.3 is 0 Å². The van der Waals surface area contributed by atoms with E-state index in [4.69, 9.17) is 23.2 Å². The van der Waals surface area contributed by atoms with Gasteiger partial charge in [-0.1, -0.05) is 108 Å². The third kappa shape index (κ3) is 2.85. The monoisotopic (exact) mass is 438 g/mol. The van der Waals surface area contributed by atoms with Gasteiger partial charge in [0, 0.05) is 5.92 Å². The standard InChI is InChI=1S/C27H22B2Cl2/c1-15-21-11-19-9-17-7-5-4-6-16(17)8-18(19)10-20(21)12-24-27(15)29(3)23-14-26(31)25(30)13-22(23)28(24)2/h4-15,21H,1-3H3. The lowest BCUT2D eigenvalue weighted by atomic mass is 9.23. The smallest absolute Gasteiger partial charge is 0.0971 e. The molecule has 1 aliphatic heterocycles. The van der Waals surface area contributed by atoms with Crippen molar-refractivity contribution in [2.75, 3.05) is 0 Å². The molecular weight excluding hydrogens is 417 g/mol. The molecule has 0 N–H and O–H groups in total. The number of rotatable bonds is 0. The van der Waals surface area contributed by atoms with Crippen LogP contribution in [0.4, 0.5) is 0 Å². The fourth-order valence-corrected chi connectivity index (χ4v) is 6.43. The predicted molar refractivity (Wildman–Crippen MR) is 139 cm³/mol. The Hall–Kier alpha value is -2.15. The zero-order chi connectivity index (χ0) is 21.4. The Morgan fingerprint density at radius 2 is 1.39 bits per heavy atom. The molecule has 0 saturated heterocycles. The lowest BCUT2D eigenvalue weighted by molar-refractivity contribution is 0.597. The van der Waals surface area contributed by atoms with Crippen molar-refractivity contribution in [3.8, 4) is 0 Å². The van der Waals surface area contributed by atoms with Crippen LogP contribution in [0.2, 0.25) is 23.7 Å². The van der Waals surface area contributed by atoms with E-state index in [2.05, 4.69) is 87.3 Å². The van der Waals surface area contributed by atoms with Gasteiger partial charge >= 0.3 is 0 Å². The van der Waals surface area contributed by atoms with E-state index in [-0.39, 0.29) is 0 Å². The largest absolute Gasteiger partial charge is 0.204 e. The SMILES string of the molecule is CB1C2=C(B(C)c3cc(Cl)c(Cl)cc31)C(C)C1C=c3cc4ccccc4cc3=CC1=C2. The molecule has 0 spiro atoms. The summed E-state index contributed by atoms with van der Waals surface area (Å²) in [6, 6.07) is 17.5. The first-order chi connectivity index (χ1) is 14.9. The lowest BCUT2D eigenvalue weighted by Crippen LogP contribution is -2.55. The Labute approximate surface area is 194 Å². The summed E-state index contributed by atoms with van der Waals surface area (Å²) in [5.74, 6) is 0.859. The Morgan fingerprint density at radius 3 is 2.06 bits per heavy atom. The van der Waals surface area contributed by atoms with Gasteiger partial charge in [-0.25, -0.2) is 0 Å². The third-order valence-electron chi connectivity index (χ3n) is 7.69. The van der Waals surface area contributed by atoms with E-state index in [1.165, 1.54) is 43.2 Å². The first-order valence-electron chi connectivity index (χ1n) is 11.1. The zero-order valence-electron chi connectivity index (χ0n) is 17.9. The van der Waals surface area contributed by atoms with Crippen LogP contribution in [0.5, 0.6) is 0 Å². The molecule has 2 aliphatic carbocycles. The molecule has 31 heavy (non-hydrogen) atoms. The van der Waals surface area contributed by atoms with Crippen molar-refractivity contribution in [1.29, 1.82) is 0 Å². The van der Waals surface area contributed by atoms with Crippen LogP contribution >= 0.6 is 23.2 Å². The van der Waals surface area contributed by atoms with Crippen molar-refractivity contribution in [2.24, 2.45) is 11.8 Å². The second-order valence-electron chi connectivity index (χ2n) is 9.35. The fourth-order valence-electron chi connectivity index (χ4n) is 6.08. The van der Waals surface area contributed by atoms with Crippen molar-refractivity contribution < 1.29 is 0 Å². The van der Waals surface area contributed by atoms with E-state index >= 15 is 0 Å². The van der Waals surface area contributed by atoms with Gasteiger partial charge in [0.25, 0.3) is 0 Å². The van der Waals surface area contributed by atoms with Crippen molar-refractivity contribution in [1.82, 2.24) is 0 Å². The van der Waals surface area contributed by atoms with Crippen LogP contribution in [-0.4, -0.2) is 13.4 Å². The van der Waals surface area contributed by atoms with Gasteiger partial charge in [-0.3, -0.25) is 0 Å². The van der Waals surface area contributed by atoms with Gasteiger partial charge in [-0.05, 0) is 57.0 Å². The third-order valence-corrected chi connectivity index (χ3v) is 8.42. The summed E-state index contributed by atoms with van der Waals surface area (Å²) in [7, 11) is 0. The van der Waals surface area contributed by atoms with Crippen LogP contribution in [0.3, 0.4) is 0 Å². The molecule has 3 aliphatic rings. The molecule has 0 radical (unpaired) electrons. The van der Waals surface area contributed by atoms with Crippen LogP contribution in [0.25, 0.3) is 22.9 Å². The van der Waals surface area contributed by atoms with Crippen LogP contribution < -0.4 is 21.4 Å². The Bertz CT molecular complexity index is 1460. The fraction of sp³-hybridized carbons (Fsp3) is 0.185. The highest BCUT2D eigenvalue weighted by molar-refractivity contribution is 6.94. The number of benzene rings is 3. The minimum Gasteiger partial charge on any atom is -0.0971 e. The average molecular weight is 439 g/mol. The molecule has 4 heteroatoms. The molecule has 6 rings (SSSR count). The molecule has 0 fully saturated rings. The number of halogens is 2. The molecule has 0 aromatic heterocycles. The van der Waals surface area contributed by atoms with E-state index in [0.29, 0.717) is 35.3 Å². The lowest BCUT2D eigenvalue weighted by Gasteiger charge is -2.40. The quantitative estimate of drug-likeness (QED) is 0.447. The molecule has 0 amide bonds. The van der Waals surface area contributed by atoms with Gasteiger partial charge in [0.1, 0.15) is 0 Å². The van der Waals surface area contributed by atoms with Gasteiger partial charge in [-0.2, -0.15) is 0 Å². The van der Waals surface area contributed by atoms with Crippen LogP contribution in [-0.2, 0) is 0 Å². The summed E-state index contributed by atoms with van der Waals surface area (Å²) < 4.78 is 0. The molecule has 2 unspecified atom stereocenters. The Kier molecular flexibility index (Phi) is 4.36. The van der Waals surface area contributed by atoms with Crippen LogP contribution in [0, 0.1) is 11.8 Å². The van der Waals surface area contributed by atoms with E-state index in [1.807, 2.05) is 0 Å². The Morgan fingerprint density at radius 1 is 0.774 bits per heavy atom. The van der Waals surface area contributed by atoms with E-state index in [9.17, 15) is 0 Å². The normalized spacial score (nSPS) is 21.5. The number of hydrogen-bond acceptors (Lipinski definition) is 0. The highest BCUT2D eigenvalue weighted by atomic mass is 35.5. The second-order valence-corrected chi connectivity index (χ2v) is 10.2. The topological polar surface area (TPSA) is 0 Å². The maximum absolute atomic E-state index is 6.41. The highest BCUT2D eigenvalue weighted by Crippen LogP contribution is 2.40. The molecular formula is C27H22B2Cl2. The minimum absolute atomic E-state index is 0.318. The van der Waals surface area contributed by atoms with Crippen molar-refractivity contribution in [3.05, 3.63) is 91.6 Å². The maximum Gasteiger partial charge on any atom is 0.204 e. The summed E-state index contributed by atoms with van der Waals surface area (Å²) in [5.41, 5.74) is 7.09. The maximum atomic E-state index is 6.41. The molecule has 2 atom stereocenters. The molecule has 150 valence electrons. The summed E-state index contributed by atoms with van der Waals surface area (Å²) in [5, 5.41) is 6.58. The summed E-state index contributed by atoms with van der Waals surface area (Å²) >= 11 is 12.8. The number of fused-ring (bicyclic) bond motifs is 4. The number of hydrogen-bond donors (Lipinski definition) is 0. The second kappa shape index (κ2) is 6.92. The number of allylic oxidation sites excluding steroid dienone is 4. The molecule has 0 nitrogen and oxygen atoms in total. The van der Waals surface area contributed by atoms with Crippen LogP contribution in [0.1, 0.15) is 6.92 Å². The van der Waals surface area contributed by atoms with Crippen molar-refractivity contribution in [3.63, 3.8) is 0 Å². The van der Waals surface area contributed by atoms with Gasteiger partial charge in [0.2, 0.25) is 6.71 Å².